The summed E-state index contributed by atoms with van der Waals surface area (Å²) in [6.07, 6.45) is 2.69. The molecule has 0 fully saturated rings. The van der Waals surface area contributed by atoms with Gasteiger partial charge in [0.05, 0.1) is 6.26 Å². The van der Waals surface area contributed by atoms with Gasteiger partial charge in [0, 0.05) is 17.7 Å². The molecule has 0 saturated carbocycles. The van der Waals surface area contributed by atoms with E-state index in [-0.39, 0.29) is 0 Å². The lowest BCUT2D eigenvalue weighted by atomic mass is 10.5. The van der Waals surface area contributed by atoms with Crippen molar-refractivity contribution in [2.24, 2.45) is 0 Å². The molecule has 0 radical (unpaired) electrons. The highest BCUT2D eigenvalue weighted by molar-refractivity contribution is 9.10. The van der Waals surface area contributed by atoms with E-state index in [0.717, 1.165) is 15.0 Å². The normalized spacial score (nSPS) is 11.3. The van der Waals surface area contributed by atoms with Gasteiger partial charge in [0.25, 0.3) is 0 Å². The van der Waals surface area contributed by atoms with Crippen LogP contribution in [0.5, 0.6) is 0 Å². The lowest BCUT2D eigenvalue weighted by molar-refractivity contribution is 0.600. The van der Waals surface area contributed by atoms with E-state index in [1.54, 1.807) is 18.3 Å². The molecule has 4 nitrogen and oxygen atoms in total. The van der Waals surface area contributed by atoms with Crippen LogP contribution < -0.4 is 4.31 Å². The second-order valence-electron chi connectivity index (χ2n) is 2.57. The van der Waals surface area contributed by atoms with E-state index in [1.807, 2.05) is 0 Å². The third-order valence-electron chi connectivity index (χ3n) is 1.53. The topological polar surface area (TPSA) is 50.3 Å². The minimum atomic E-state index is -3.21. The molecule has 0 aliphatic heterocycles. The number of nitrogens with zero attached hydrogens (tertiary/aromatic N) is 2. The molecule has 0 saturated heterocycles. The van der Waals surface area contributed by atoms with Crippen molar-refractivity contribution < 1.29 is 8.42 Å². The summed E-state index contributed by atoms with van der Waals surface area (Å²) in [4.78, 5) is 3.94. The van der Waals surface area contributed by atoms with Crippen molar-refractivity contribution in [2.45, 2.75) is 0 Å². The van der Waals surface area contributed by atoms with Crippen LogP contribution in [-0.2, 0) is 10.0 Å². The number of anilines is 1. The van der Waals surface area contributed by atoms with Crippen LogP contribution in [0, 0.1) is 0 Å². The SMILES string of the molecule is CN(c1ccc(Br)cn1)S(C)(=O)=O. The zero-order chi connectivity index (χ0) is 10.1. The molecule has 0 aliphatic carbocycles. The quantitative estimate of drug-likeness (QED) is 0.808. The van der Waals surface area contributed by atoms with Crippen LogP contribution in [0.4, 0.5) is 5.82 Å². The highest BCUT2D eigenvalue weighted by Crippen LogP contribution is 2.15. The van der Waals surface area contributed by atoms with Crippen molar-refractivity contribution in [3.8, 4) is 0 Å². The summed E-state index contributed by atoms with van der Waals surface area (Å²) in [7, 11) is -1.75. The van der Waals surface area contributed by atoms with Gasteiger partial charge in [-0.05, 0) is 28.1 Å². The molecule has 0 spiro atoms. The predicted molar refractivity (Wildman–Crippen MR) is 55.2 cm³/mol. The molecule has 0 N–H and O–H groups in total. The fourth-order valence-electron chi connectivity index (χ4n) is 0.724. The van der Waals surface area contributed by atoms with Crippen LogP contribution in [0.25, 0.3) is 0 Å². The summed E-state index contributed by atoms with van der Waals surface area (Å²) in [6.45, 7) is 0. The second-order valence-corrected chi connectivity index (χ2v) is 5.49. The maximum atomic E-state index is 11.1. The molecule has 1 aromatic rings. The third-order valence-corrected chi connectivity index (χ3v) is 3.18. The zero-order valence-electron chi connectivity index (χ0n) is 7.23. The highest BCUT2D eigenvalue weighted by Gasteiger charge is 2.12. The van der Waals surface area contributed by atoms with E-state index < -0.39 is 10.0 Å². The van der Waals surface area contributed by atoms with Gasteiger partial charge in [0.15, 0.2) is 0 Å². The Morgan fingerprint density at radius 1 is 1.46 bits per heavy atom. The van der Waals surface area contributed by atoms with Gasteiger partial charge in [-0.15, -0.1) is 0 Å². The summed E-state index contributed by atoms with van der Waals surface area (Å²) < 4.78 is 24.1. The number of hydrogen-bond acceptors (Lipinski definition) is 3. The van der Waals surface area contributed by atoms with Crippen molar-refractivity contribution in [3.63, 3.8) is 0 Å². The monoisotopic (exact) mass is 264 g/mol. The van der Waals surface area contributed by atoms with Crippen molar-refractivity contribution in [1.29, 1.82) is 0 Å². The number of rotatable bonds is 2. The molecular weight excluding hydrogens is 256 g/mol. The fourth-order valence-corrected chi connectivity index (χ4v) is 1.41. The Kier molecular flexibility index (Phi) is 2.92. The molecule has 0 amide bonds. The number of halogens is 1. The van der Waals surface area contributed by atoms with Crippen LogP contribution in [0.1, 0.15) is 0 Å². The number of sulfonamides is 1. The largest absolute Gasteiger partial charge is 0.257 e. The Bertz CT molecular complexity index is 387. The van der Waals surface area contributed by atoms with Crippen LogP contribution in [0.2, 0.25) is 0 Å². The van der Waals surface area contributed by atoms with E-state index in [2.05, 4.69) is 20.9 Å². The lowest BCUT2D eigenvalue weighted by Gasteiger charge is -2.14. The van der Waals surface area contributed by atoms with Crippen molar-refractivity contribution in [3.05, 3.63) is 22.8 Å². The maximum Gasteiger partial charge on any atom is 0.233 e. The summed E-state index contributed by atoms with van der Waals surface area (Å²) in [5, 5.41) is 0. The Balaban J connectivity index is 3.04. The minimum absolute atomic E-state index is 0.408. The van der Waals surface area contributed by atoms with Gasteiger partial charge in [0.1, 0.15) is 5.82 Å². The first-order chi connectivity index (χ1) is 5.91. The van der Waals surface area contributed by atoms with E-state index in [9.17, 15) is 8.42 Å². The summed E-state index contributed by atoms with van der Waals surface area (Å²) >= 11 is 3.21. The average molecular weight is 265 g/mol. The van der Waals surface area contributed by atoms with Crippen molar-refractivity contribution >= 4 is 31.8 Å². The number of aromatic nitrogens is 1. The number of hydrogen-bond donors (Lipinski definition) is 0. The second kappa shape index (κ2) is 3.63. The predicted octanol–water partition coefficient (Wildman–Crippen LogP) is 1.24. The minimum Gasteiger partial charge on any atom is -0.257 e. The Labute approximate surface area is 85.8 Å². The van der Waals surface area contributed by atoms with Crippen LogP contribution in [0.3, 0.4) is 0 Å². The summed E-state index contributed by atoms with van der Waals surface area (Å²) in [5.41, 5.74) is 0. The fraction of sp³-hybridized carbons (Fsp3) is 0.286. The molecule has 0 unspecified atom stereocenters. The molecule has 13 heavy (non-hydrogen) atoms. The highest BCUT2D eigenvalue weighted by atomic mass is 79.9. The zero-order valence-corrected chi connectivity index (χ0v) is 9.63. The molecule has 6 heteroatoms. The van der Waals surface area contributed by atoms with Gasteiger partial charge in [-0.3, -0.25) is 4.31 Å². The van der Waals surface area contributed by atoms with E-state index in [1.165, 1.54) is 7.05 Å². The van der Waals surface area contributed by atoms with E-state index >= 15 is 0 Å². The van der Waals surface area contributed by atoms with Crippen LogP contribution in [0.15, 0.2) is 22.8 Å². The standard InChI is InChI=1S/C7H9BrN2O2S/c1-10(13(2,11)12)7-4-3-6(8)5-9-7/h3-5H,1-2H3. The molecule has 0 aromatic carbocycles. The smallest absolute Gasteiger partial charge is 0.233 e. The van der Waals surface area contributed by atoms with Gasteiger partial charge >= 0.3 is 0 Å². The first kappa shape index (κ1) is 10.5. The van der Waals surface area contributed by atoms with Gasteiger partial charge in [-0.1, -0.05) is 0 Å². The Morgan fingerprint density at radius 2 is 2.08 bits per heavy atom. The van der Waals surface area contributed by atoms with Crippen LogP contribution >= 0.6 is 15.9 Å². The van der Waals surface area contributed by atoms with Gasteiger partial charge < -0.3 is 0 Å². The molecule has 0 atom stereocenters. The Hall–Kier alpha value is -0.620. The van der Waals surface area contributed by atoms with Crippen LogP contribution in [-0.4, -0.2) is 26.7 Å². The molecule has 0 bridgehead atoms. The molecule has 72 valence electrons. The molecule has 1 aromatic heterocycles. The summed E-state index contributed by atoms with van der Waals surface area (Å²) in [5.74, 6) is 0.408. The third kappa shape index (κ3) is 2.67. The first-order valence-corrected chi connectivity index (χ1v) is 6.11. The summed E-state index contributed by atoms with van der Waals surface area (Å²) in [6, 6.07) is 3.37. The first-order valence-electron chi connectivity index (χ1n) is 3.47. The van der Waals surface area contributed by atoms with Crippen molar-refractivity contribution in [1.82, 2.24) is 4.98 Å². The molecule has 1 heterocycles. The van der Waals surface area contributed by atoms with E-state index in [4.69, 9.17) is 0 Å². The maximum absolute atomic E-state index is 11.1. The Morgan fingerprint density at radius 3 is 2.46 bits per heavy atom. The molecule has 0 aliphatic rings. The molecular formula is C7H9BrN2O2S. The van der Waals surface area contributed by atoms with Gasteiger partial charge in [-0.25, -0.2) is 13.4 Å². The average Bonchev–Trinajstić information content (AvgIpc) is 2.03. The van der Waals surface area contributed by atoms with Gasteiger partial charge in [0.2, 0.25) is 10.0 Å². The van der Waals surface area contributed by atoms with E-state index in [0.29, 0.717) is 5.82 Å². The number of pyridine rings is 1. The van der Waals surface area contributed by atoms with Gasteiger partial charge in [-0.2, -0.15) is 0 Å². The van der Waals surface area contributed by atoms with Crippen molar-refractivity contribution in [2.75, 3.05) is 17.6 Å². The molecule has 1 rings (SSSR count). The lowest BCUT2D eigenvalue weighted by Crippen LogP contribution is -2.25.